The summed E-state index contributed by atoms with van der Waals surface area (Å²) in [7, 11) is 0. The topological polar surface area (TPSA) is 12.0 Å². The van der Waals surface area contributed by atoms with E-state index in [-0.39, 0.29) is 0 Å². The van der Waals surface area contributed by atoms with Gasteiger partial charge in [-0.25, -0.2) is 0 Å². The first-order valence-electron chi connectivity index (χ1n) is 5.85. The monoisotopic (exact) mass is 323 g/mol. The van der Waals surface area contributed by atoms with Crippen LogP contribution < -0.4 is 5.32 Å². The molecule has 94 valence electrons. The highest BCUT2D eigenvalue weighted by Gasteiger charge is 1.98. The van der Waals surface area contributed by atoms with Crippen LogP contribution in [0.3, 0.4) is 0 Å². The SMILES string of the molecule is Cc1ccc(CNCc2ccc(Cl)cc2)cc1Br. The van der Waals surface area contributed by atoms with Gasteiger partial charge < -0.3 is 5.32 Å². The number of halogens is 2. The van der Waals surface area contributed by atoms with Crippen molar-refractivity contribution in [2.45, 2.75) is 20.0 Å². The number of hydrogen-bond acceptors (Lipinski definition) is 1. The zero-order valence-electron chi connectivity index (χ0n) is 10.2. The summed E-state index contributed by atoms with van der Waals surface area (Å²) >= 11 is 9.40. The summed E-state index contributed by atoms with van der Waals surface area (Å²) in [5.74, 6) is 0. The van der Waals surface area contributed by atoms with Gasteiger partial charge in [-0.1, -0.05) is 51.8 Å². The van der Waals surface area contributed by atoms with Crippen LogP contribution in [0.2, 0.25) is 5.02 Å². The first-order chi connectivity index (χ1) is 8.65. The van der Waals surface area contributed by atoms with Crippen LogP contribution >= 0.6 is 27.5 Å². The molecule has 3 heteroatoms. The lowest BCUT2D eigenvalue weighted by Gasteiger charge is -2.07. The van der Waals surface area contributed by atoms with Gasteiger partial charge in [-0.3, -0.25) is 0 Å². The average Bonchev–Trinajstić information content (AvgIpc) is 2.36. The molecule has 0 saturated heterocycles. The quantitative estimate of drug-likeness (QED) is 0.859. The second-order valence-corrected chi connectivity index (χ2v) is 5.60. The molecule has 0 aliphatic heterocycles. The molecule has 2 aromatic rings. The summed E-state index contributed by atoms with van der Waals surface area (Å²) in [5.41, 5.74) is 3.78. The molecule has 0 unspecified atom stereocenters. The zero-order valence-corrected chi connectivity index (χ0v) is 12.6. The maximum Gasteiger partial charge on any atom is 0.0406 e. The molecule has 0 aliphatic rings. The van der Waals surface area contributed by atoms with Gasteiger partial charge in [0.05, 0.1) is 0 Å². The molecule has 0 radical (unpaired) electrons. The van der Waals surface area contributed by atoms with Crippen molar-refractivity contribution in [2.24, 2.45) is 0 Å². The molecule has 0 spiro atoms. The molecule has 0 aromatic heterocycles. The second kappa shape index (κ2) is 6.37. The van der Waals surface area contributed by atoms with Gasteiger partial charge in [-0.05, 0) is 41.8 Å². The van der Waals surface area contributed by atoms with Crippen molar-refractivity contribution in [2.75, 3.05) is 0 Å². The average molecular weight is 325 g/mol. The van der Waals surface area contributed by atoms with Crippen molar-refractivity contribution in [3.63, 3.8) is 0 Å². The summed E-state index contributed by atoms with van der Waals surface area (Å²) < 4.78 is 1.16. The van der Waals surface area contributed by atoms with E-state index in [1.165, 1.54) is 16.7 Å². The Hall–Kier alpha value is -0.830. The van der Waals surface area contributed by atoms with Gasteiger partial charge in [-0.2, -0.15) is 0 Å². The fraction of sp³-hybridized carbons (Fsp3) is 0.200. The van der Waals surface area contributed by atoms with Gasteiger partial charge >= 0.3 is 0 Å². The van der Waals surface area contributed by atoms with Crippen molar-refractivity contribution < 1.29 is 0 Å². The Bertz CT molecular complexity index is 523. The predicted octanol–water partition coefficient (Wildman–Crippen LogP) is 4.70. The van der Waals surface area contributed by atoms with Crippen molar-refractivity contribution in [1.82, 2.24) is 5.32 Å². The molecule has 2 aromatic carbocycles. The summed E-state index contributed by atoms with van der Waals surface area (Å²) in [5, 5.41) is 4.20. The zero-order chi connectivity index (χ0) is 13.0. The molecular weight excluding hydrogens is 310 g/mol. The third-order valence-corrected chi connectivity index (χ3v) is 3.91. The Labute approximate surface area is 121 Å². The molecule has 1 N–H and O–H groups in total. The van der Waals surface area contributed by atoms with Crippen LogP contribution in [0.5, 0.6) is 0 Å². The number of rotatable bonds is 4. The van der Waals surface area contributed by atoms with E-state index < -0.39 is 0 Å². The number of benzene rings is 2. The van der Waals surface area contributed by atoms with E-state index in [0.717, 1.165) is 22.6 Å². The highest BCUT2D eigenvalue weighted by Crippen LogP contribution is 2.17. The first-order valence-corrected chi connectivity index (χ1v) is 7.02. The number of hydrogen-bond donors (Lipinski definition) is 1. The Balaban J connectivity index is 1.88. The molecular formula is C15H15BrClN. The summed E-state index contributed by atoms with van der Waals surface area (Å²) in [4.78, 5) is 0. The molecule has 0 heterocycles. The fourth-order valence-electron chi connectivity index (χ4n) is 1.70. The lowest BCUT2D eigenvalue weighted by molar-refractivity contribution is 0.693. The molecule has 0 fully saturated rings. The smallest absolute Gasteiger partial charge is 0.0406 e. The Morgan fingerprint density at radius 2 is 1.61 bits per heavy atom. The van der Waals surface area contributed by atoms with E-state index in [2.05, 4.69) is 46.4 Å². The summed E-state index contributed by atoms with van der Waals surface area (Å²) in [6.45, 7) is 3.80. The van der Waals surface area contributed by atoms with Crippen LogP contribution in [0.1, 0.15) is 16.7 Å². The standard InChI is InChI=1S/C15H15BrClN/c1-11-2-3-13(8-15(11)16)10-18-9-12-4-6-14(17)7-5-12/h2-8,18H,9-10H2,1H3. The maximum atomic E-state index is 5.85. The van der Waals surface area contributed by atoms with E-state index in [9.17, 15) is 0 Å². The minimum absolute atomic E-state index is 0.779. The molecule has 1 nitrogen and oxygen atoms in total. The van der Waals surface area contributed by atoms with Crippen LogP contribution in [0, 0.1) is 6.92 Å². The third kappa shape index (κ3) is 3.84. The van der Waals surface area contributed by atoms with E-state index in [1.807, 2.05) is 24.3 Å². The predicted molar refractivity (Wildman–Crippen MR) is 80.9 cm³/mol. The van der Waals surface area contributed by atoms with Gasteiger partial charge in [0.2, 0.25) is 0 Å². The lowest BCUT2D eigenvalue weighted by Crippen LogP contribution is -2.12. The van der Waals surface area contributed by atoms with Gasteiger partial charge in [0.1, 0.15) is 0 Å². The van der Waals surface area contributed by atoms with E-state index in [1.54, 1.807) is 0 Å². The molecule has 2 rings (SSSR count). The first kappa shape index (κ1) is 13.6. The van der Waals surface area contributed by atoms with Crippen LogP contribution in [-0.4, -0.2) is 0 Å². The van der Waals surface area contributed by atoms with Crippen LogP contribution in [-0.2, 0) is 13.1 Å². The van der Waals surface area contributed by atoms with Gasteiger partial charge in [-0.15, -0.1) is 0 Å². The maximum absolute atomic E-state index is 5.85. The minimum Gasteiger partial charge on any atom is -0.309 e. The third-order valence-electron chi connectivity index (χ3n) is 2.81. The van der Waals surface area contributed by atoms with Gasteiger partial charge in [0.25, 0.3) is 0 Å². The largest absolute Gasteiger partial charge is 0.309 e. The molecule has 0 atom stereocenters. The van der Waals surface area contributed by atoms with E-state index in [0.29, 0.717) is 0 Å². The van der Waals surface area contributed by atoms with Crippen molar-refractivity contribution in [1.29, 1.82) is 0 Å². The highest BCUT2D eigenvalue weighted by atomic mass is 79.9. The van der Waals surface area contributed by atoms with Gasteiger partial charge in [0.15, 0.2) is 0 Å². The highest BCUT2D eigenvalue weighted by molar-refractivity contribution is 9.10. The number of nitrogens with one attached hydrogen (secondary N) is 1. The Morgan fingerprint density at radius 3 is 2.28 bits per heavy atom. The van der Waals surface area contributed by atoms with Crippen LogP contribution in [0.15, 0.2) is 46.9 Å². The molecule has 0 bridgehead atoms. The summed E-state index contributed by atoms with van der Waals surface area (Å²) in [6.07, 6.45) is 0. The number of aryl methyl sites for hydroxylation is 1. The van der Waals surface area contributed by atoms with Gasteiger partial charge in [0, 0.05) is 22.6 Å². The summed E-state index contributed by atoms with van der Waals surface area (Å²) in [6, 6.07) is 14.4. The minimum atomic E-state index is 0.779. The Morgan fingerprint density at radius 1 is 1.00 bits per heavy atom. The van der Waals surface area contributed by atoms with E-state index in [4.69, 9.17) is 11.6 Å². The molecule has 0 saturated carbocycles. The second-order valence-electron chi connectivity index (χ2n) is 4.31. The van der Waals surface area contributed by atoms with Crippen LogP contribution in [0.25, 0.3) is 0 Å². The van der Waals surface area contributed by atoms with Crippen molar-refractivity contribution >= 4 is 27.5 Å². The van der Waals surface area contributed by atoms with Crippen LogP contribution in [0.4, 0.5) is 0 Å². The van der Waals surface area contributed by atoms with E-state index >= 15 is 0 Å². The molecule has 0 amide bonds. The van der Waals surface area contributed by atoms with Crippen molar-refractivity contribution in [3.05, 3.63) is 68.7 Å². The Kier molecular flexibility index (Phi) is 4.81. The van der Waals surface area contributed by atoms with Crippen molar-refractivity contribution in [3.8, 4) is 0 Å². The molecule has 0 aliphatic carbocycles. The molecule has 18 heavy (non-hydrogen) atoms. The lowest BCUT2D eigenvalue weighted by atomic mass is 10.1. The fourth-order valence-corrected chi connectivity index (χ4v) is 2.25. The normalized spacial score (nSPS) is 10.6.